The van der Waals surface area contributed by atoms with Crippen LogP contribution < -0.4 is 9.47 Å². The number of rotatable bonds is 20. The summed E-state index contributed by atoms with van der Waals surface area (Å²) in [5.41, 5.74) is 13.0. The maximum absolute atomic E-state index is 12.6. The number of esters is 1. The molecule has 0 spiro atoms. The number of nitrogens with zero attached hydrogens (tertiary/aromatic N) is 8. The minimum absolute atomic E-state index is 0.0165. The van der Waals surface area contributed by atoms with Crippen LogP contribution >= 0.6 is 81.7 Å². The smallest absolute Gasteiger partial charge is 0.361 e. The summed E-state index contributed by atoms with van der Waals surface area (Å²) < 4.78 is 19.2. The molecule has 104 heavy (non-hydrogen) atoms. The summed E-state index contributed by atoms with van der Waals surface area (Å²) in [5.74, 6) is 1.20. The fourth-order valence-corrected chi connectivity index (χ4v) is 18.8. The Kier molecular flexibility index (Phi) is 29.4. The molecule has 0 atom stereocenters. The minimum Gasteiger partial charge on any atom is -0.497 e. The summed E-state index contributed by atoms with van der Waals surface area (Å²) in [7, 11) is 3.28. The van der Waals surface area contributed by atoms with E-state index in [-0.39, 0.29) is 17.5 Å². The van der Waals surface area contributed by atoms with Crippen LogP contribution in [0.2, 0.25) is 20.1 Å². The number of hydrogen-bond donors (Lipinski definition) is 4. The number of aliphatic hydroxyl groups is 1. The molecule has 0 saturated heterocycles. The number of aliphatic hydroxyl groups excluding tert-OH is 1. The number of carbonyl (C=O) groups excluding carboxylic acids is 1. The number of H-pyrrole nitrogens is 1. The summed E-state index contributed by atoms with van der Waals surface area (Å²) in [5, 5.41) is 61.0. The van der Waals surface area contributed by atoms with Crippen molar-refractivity contribution < 1.29 is 43.9 Å². The van der Waals surface area contributed by atoms with Gasteiger partial charge in [-0.1, -0.05) is 117 Å². The first-order valence-corrected chi connectivity index (χ1v) is 39.7. The van der Waals surface area contributed by atoms with Gasteiger partial charge in [0.2, 0.25) is 17.1 Å². The second-order valence-corrected chi connectivity index (χ2v) is 32.7. The third kappa shape index (κ3) is 21.8. The second kappa shape index (κ2) is 38.5. The molecule has 0 radical (unpaired) electrons. The lowest BCUT2D eigenvalue weighted by Crippen LogP contribution is -2.17. The van der Waals surface area contributed by atoms with Crippen molar-refractivity contribution in [3.8, 4) is 11.5 Å². The summed E-state index contributed by atoms with van der Waals surface area (Å²) >= 11 is 29.4. The lowest BCUT2D eigenvalue weighted by Gasteiger charge is -2.29. The Bertz CT molecular complexity index is 4320. The predicted octanol–water partition coefficient (Wildman–Crippen LogP) is 20.1. The summed E-state index contributed by atoms with van der Waals surface area (Å²) in [4.78, 5) is 35.4. The molecule has 18 nitrogen and oxygen atoms in total. The number of carboxylic acid groups (broad SMARTS) is 2. The van der Waals surface area contributed by atoms with Crippen molar-refractivity contribution in [2.45, 2.75) is 211 Å². The van der Waals surface area contributed by atoms with E-state index in [4.69, 9.17) is 65.7 Å². The Hall–Kier alpha value is -7.08. The highest BCUT2D eigenvalue weighted by atomic mass is 35.5. The number of nitrogens with one attached hydrogen (secondary N) is 1. The van der Waals surface area contributed by atoms with Crippen molar-refractivity contribution in [1.29, 1.82) is 0 Å². The van der Waals surface area contributed by atoms with Gasteiger partial charge in [-0.25, -0.2) is 23.7 Å². The predicted molar refractivity (Wildman–Crippen MR) is 415 cm³/mol. The first-order valence-electron chi connectivity index (χ1n) is 35.5. The second-order valence-electron chi connectivity index (χ2n) is 27.1. The van der Waals surface area contributed by atoms with Crippen LogP contribution in [0, 0.1) is 27.7 Å². The Labute approximate surface area is 641 Å². The minimum atomic E-state index is -1.04. The molecule has 25 heteroatoms. The molecule has 4 N–H and O–H groups in total. The maximum atomic E-state index is 12.6. The molecule has 4 fully saturated rings. The van der Waals surface area contributed by atoms with Crippen molar-refractivity contribution in [2.75, 3.05) is 20.8 Å². The summed E-state index contributed by atoms with van der Waals surface area (Å²) in [6.45, 7) is 11.6. The molecule has 0 amide bonds. The van der Waals surface area contributed by atoms with Crippen LogP contribution in [0.3, 0.4) is 0 Å². The number of carboxylic acids is 2. The van der Waals surface area contributed by atoms with E-state index >= 15 is 0 Å². The topological polar surface area (TPSA) is 243 Å². The fourth-order valence-electron chi connectivity index (χ4n) is 14.3. The number of carbonyl (C=O) groups is 3. The Balaban J connectivity index is 0.000000154. The highest BCUT2D eigenvalue weighted by Gasteiger charge is 2.33. The van der Waals surface area contributed by atoms with Crippen LogP contribution in [0.4, 0.5) is 0 Å². The van der Waals surface area contributed by atoms with Gasteiger partial charge in [0.15, 0.2) is 5.03 Å². The van der Waals surface area contributed by atoms with E-state index in [1.54, 1.807) is 49.3 Å². The van der Waals surface area contributed by atoms with E-state index in [2.05, 4.69) is 112 Å². The van der Waals surface area contributed by atoms with Crippen molar-refractivity contribution in [1.82, 2.24) is 45.4 Å². The third-order valence-electron chi connectivity index (χ3n) is 20.0. The number of aryl methyl sites for hydroxylation is 4. The molecular formula is C79H91Cl4N9O9S3. The van der Waals surface area contributed by atoms with Gasteiger partial charge in [0.05, 0.1) is 40.0 Å². The monoisotopic (exact) mass is 1550 g/mol. The molecule has 4 aliphatic rings. The normalized spacial score (nSPS) is 20.1. The van der Waals surface area contributed by atoms with E-state index in [1.165, 1.54) is 56.3 Å². The molecule has 9 aromatic rings. The summed E-state index contributed by atoms with van der Waals surface area (Å²) in [6, 6.07) is 40.0. The number of thioether (sulfide) groups is 3. The van der Waals surface area contributed by atoms with Gasteiger partial charge in [-0.05, 0) is 289 Å². The molecule has 0 bridgehead atoms. The van der Waals surface area contributed by atoms with Crippen LogP contribution in [0.15, 0.2) is 136 Å². The molecule has 4 aliphatic carbocycles. The van der Waals surface area contributed by atoms with Crippen molar-refractivity contribution in [3.05, 3.63) is 214 Å². The zero-order chi connectivity index (χ0) is 74.0. The van der Waals surface area contributed by atoms with E-state index in [9.17, 15) is 24.6 Å². The number of benzene rings is 6. The molecule has 13 rings (SSSR count). The first kappa shape index (κ1) is 79.5. The maximum Gasteiger partial charge on any atom is 0.361 e. The SMILES string of the molecule is CCOC(=O)c1nnn(Cc2ccc(OC)cc2)c1SC1CCC(c2cc(Cl)ccc2C)CC1.COc1ccc(Cn2nnc(C(=O)O)c2SC2CCC(c3cc(Cl)ccc3C)CC2)cc1.Cc1ccc(Cl)cc1C1CCC(O)CC1.Cc1ccc(Cl)cc1C1CCC(Sc2n[nH]nc2C(=O)O)CC1. The van der Waals surface area contributed by atoms with Crippen LogP contribution in [0.5, 0.6) is 11.5 Å². The largest absolute Gasteiger partial charge is 0.497 e. The van der Waals surface area contributed by atoms with Crippen molar-refractivity contribution >= 4 is 99.6 Å². The quantitative estimate of drug-likeness (QED) is 0.0518. The molecule has 0 unspecified atom stereocenters. The number of aromatic carboxylic acids is 2. The number of aromatic amines is 1. The van der Waals surface area contributed by atoms with E-state index in [1.807, 2.05) is 77.5 Å². The van der Waals surface area contributed by atoms with Gasteiger partial charge in [-0.15, -0.1) is 43.9 Å². The van der Waals surface area contributed by atoms with E-state index in [0.717, 1.165) is 150 Å². The molecular weight excluding hydrogens is 1460 g/mol. The highest BCUT2D eigenvalue weighted by Crippen LogP contribution is 2.46. The van der Waals surface area contributed by atoms with Gasteiger partial charge >= 0.3 is 17.9 Å². The molecule has 6 aromatic carbocycles. The first-order chi connectivity index (χ1) is 50.1. The zero-order valence-electron chi connectivity index (χ0n) is 59.7. The zero-order valence-corrected chi connectivity index (χ0v) is 65.2. The van der Waals surface area contributed by atoms with Gasteiger partial charge < -0.3 is 29.5 Å². The van der Waals surface area contributed by atoms with E-state index in [0.29, 0.717) is 74.9 Å². The summed E-state index contributed by atoms with van der Waals surface area (Å²) in [6.07, 6.45) is 16.6. The lowest BCUT2D eigenvalue weighted by atomic mass is 9.81. The van der Waals surface area contributed by atoms with Gasteiger partial charge in [-0.2, -0.15) is 5.21 Å². The average Bonchev–Trinajstić information content (AvgIpc) is 1.29. The standard InChI is InChI=1S/C26H30ClN3O3S.C24H26ClN3O3S.C16H18ClN3O2S.C13H17ClO/c1-4-33-26(31)24-25(30(29-28-24)16-18-6-11-21(32-3)12-7-18)34-22-13-8-19(9-14-22)23-15-20(27)10-5-17(23)2;1-15-3-8-18(25)13-21(15)17-6-11-20(12-7-17)32-23-22(24(29)30)26-27-28(23)14-16-4-9-19(31-2)10-5-16;1-9-2-5-11(17)8-13(9)10-3-6-12(7-4-10)23-15-14(16(21)22)18-20-19-15;1-9-2-5-11(14)8-13(9)10-3-6-12(15)7-4-10/h5-7,10-12,15,19,22H,4,8-9,13-14,16H2,1-3H3;3-5,8-10,13,17,20H,6-7,11-12,14H2,1-2H3,(H,29,30);2,5,8,10,12H,3-4,6-7H2,1H3,(H,21,22)(H,18,19,20);2,5,8,10,12,15H,3-4,6-7H2,1H3. The fraction of sp³-hybridized carbons (Fsp3) is 0.430. The molecule has 552 valence electrons. The van der Waals surface area contributed by atoms with Crippen molar-refractivity contribution in [2.24, 2.45) is 0 Å². The number of halogens is 4. The number of methoxy groups -OCH3 is 2. The molecule has 4 saturated carbocycles. The molecule has 3 heterocycles. The average molecular weight is 1550 g/mol. The molecule has 3 aromatic heterocycles. The van der Waals surface area contributed by atoms with Crippen molar-refractivity contribution in [3.63, 3.8) is 0 Å². The number of ether oxygens (including phenoxy) is 3. The third-order valence-corrected chi connectivity index (χ3v) is 25.1. The van der Waals surface area contributed by atoms with Gasteiger partial charge in [0, 0.05) is 35.8 Å². The highest BCUT2D eigenvalue weighted by molar-refractivity contribution is 8.00. The Morgan fingerprint density at radius 1 is 0.462 bits per heavy atom. The number of aromatic nitrogens is 9. The van der Waals surface area contributed by atoms with Gasteiger partial charge in [0.25, 0.3) is 0 Å². The molecule has 0 aliphatic heterocycles. The van der Waals surface area contributed by atoms with Crippen LogP contribution in [-0.4, -0.2) is 121 Å². The Morgan fingerprint density at radius 3 is 1.14 bits per heavy atom. The van der Waals surface area contributed by atoms with Gasteiger partial charge in [-0.3, -0.25) is 0 Å². The number of hydrogen-bond acceptors (Lipinski definition) is 16. The van der Waals surface area contributed by atoms with Crippen LogP contribution in [0.1, 0.15) is 220 Å². The van der Waals surface area contributed by atoms with Gasteiger partial charge in [0.1, 0.15) is 21.6 Å². The van der Waals surface area contributed by atoms with Crippen LogP contribution in [0.25, 0.3) is 0 Å². The van der Waals surface area contributed by atoms with Crippen LogP contribution in [-0.2, 0) is 17.8 Å². The van der Waals surface area contributed by atoms with E-state index < -0.39 is 17.9 Å². The lowest BCUT2D eigenvalue weighted by molar-refractivity contribution is 0.0513. The Morgan fingerprint density at radius 2 is 0.798 bits per heavy atom.